The number of amides is 1. The van der Waals surface area contributed by atoms with E-state index in [1.165, 1.54) is 30.2 Å². The molecule has 37 heavy (non-hydrogen) atoms. The zero-order valence-electron chi connectivity index (χ0n) is 19.8. The van der Waals surface area contributed by atoms with Gasteiger partial charge in [-0.25, -0.2) is 0 Å². The fraction of sp³-hybridized carbons (Fsp3) is 0.111. The number of halogens is 1. The summed E-state index contributed by atoms with van der Waals surface area (Å²) < 4.78 is 40.9. The molecule has 3 aromatic carbocycles. The van der Waals surface area contributed by atoms with Crippen molar-refractivity contribution in [2.75, 3.05) is 13.7 Å². The first-order valence-corrected chi connectivity index (χ1v) is 13.7. The highest BCUT2D eigenvalue weighted by Crippen LogP contribution is 2.36. The molecule has 0 unspecified atom stereocenters. The van der Waals surface area contributed by atoms with E-state index >= 15 is 0 Å². The van der Waals surface area contributed by atoms with Gasteiger partial charge in [0, 0.05) is 17.1 Å². The largest absolute Gasteiger partial charge is 0.493 e. The van der Waals surface area contributed by atoms with Crippen molar-refractivity contribution < 1.29 is 22.7 Å². The number of amidine groups is 1. The first-order chi connectivity index (χ1) is 17.8. The minimum atomic E-state index is -4.00. The van der Waals surface area contributed by atoms with Gasteiger partial charge < -0.3 is 9.47 Å². The second-order valence-electron chi connectivity index (χ2n) is 7.77. The highest BCUT2D eigenvalue weighted by molar-refractivity contribution is 8.19. The number of carbonyl (C=O) groups is 1. The third kappa shape index (κ3) is 6.25. The molecule has 0 spiro atoms. The van der Waals surface area contributed by atoms with Crippen molar-refractivity contribution in [2.24, 2.45) is 4.40 Å². The number of methoxy groups -OCH3 is 1. The zero-order chi connectivity index (χ0) is 26.4. The Morgan fingerprint density at radius 3 is 2.49 bits per heavy atom. The summed E-state index contributed by atoms with van der Waals surface area (Å²) >= 11 is 7.19. The van der Waals surface area contributed by atoms with Gasteiger partial charge in [-0.05, 0) is 53.7 Å². The molecule has 4 rings (SSSR count). The Balaban J connectivity index is 1.59. The number of ether oxygens (including phenoxy) is 2. The molecule has 0 aromatic heterocycles. The quantitative estimate of drug-likeness (QED) is 0.246. The lowest BCUT2D eigenvalue weighted by Gasteiger charge is -2.13. The molecular formula is C27H23ClN2O5S2. The van der Waals surface area contributed by atoms with Crippen LogP contribution in [0, 0.1) is 0 Å². The van der Waals surface area contributed by atoms with Crippen LogP contribution < -0.4 is 9.47 Å². The van der Waals surface area contributed by atoms with E-state index in [2.05, 4.69) is 11.0 Å². The predicted octanol–water partition coefficient (Wildman–Crippen LogP) is 5.77. The summed E-state index contributed by atoms with van der Waals surface area (Å²) in [7, 11) is -2.47. The summed E-state index contributed by atoms with van der Waals surface area (Å²) in [6.45, 7) is 4.04. The normalized spacial score (nSPS) is 15.8. The van der Waals surface area contributed by atoms with Crippen molar-refractivity contribution >= 4 is 50.5 Å². The van der Waals surface area contributed by atoms with Gasteiger partial charge in [0.25, 0.3) is 15.9 Å². The smallest absolute Gasteiger partial charge is 0.284 e. The van der Waals surface area contributed by atoms with Gasteiger partial charge in [-0.3, -0.25) is 9.69 Å². The molecule has 0 bridgehead atoms. The summed E-state index contributed by atoms with van der Waals surface area (Å²) in [5, 5.41) is 0.669. The van der Waals surface area contributed by atoms with Crippen molar-refractivity contribution in [1.82, 2.24) is 4.90 Å². The van der Waals surface area contributed by atoms with E-state index in [0.717, 1.165) is 17.3 Å². The summed E-state index contributed by atoms with van der Waals surface area (Å²) in [6, 6.07) is 20.5. The van der Waals surface area contributed by atoms with Crippen molar-refractivity contribution in [3.8, 4) is 11.5 Å². The van der Waals surface area contributed by atoms with Gasteiger partial charge in [-0.2, -0.15) is 8.42 Å². The van der Waals surface area contributed by atoms with Crippen molar-refractivity contribution in [3.05, 3.63) is 107 Å². The number of thioether (sulfide) groups is 1. The molecule has 3 aromatic rings. The molecule has 1 amide bonds. The van der Waals surface area contributed by atoms with E-state index in [-0.39, 0.29) is 29.1 Å². The first kappa shape index (κ1) is 26.5. The van der Waals surface area contributed by atoms with Gasteiger partial charge in [0.15, 0.2) is 16.7 Å². The van der Waals surface area contributed by atoms with Crippen LogP contribution in [-0.4, -0.2) is 38.0 Å². The molecule has 1 fully saturated rings. The summed E-state index contributed by atoms with van der Waals surface area (Å²) in [5.74, 6) is 0.615. The topological polar surface area (TPSA) is 85.3 Å². The van der Waals surface area contributed by atoms with E-state index in [9.17, 15) is 13.2 Å². The molecular weight excluding hydrogens is 532 g/mol. The zero-order valence-corrected chi connectivity index (χ0v) is 22.2. The summed E-state index contributed by atoms with van der Waals surface area (Å²) in [6.07, 6.45) is 3.17. The van der Waals surface area contributed by atoms with Crippen LogP contribution in [0.5, 0.6) is 11.5 Å². The molecule has 10 heteroatoms. The molecule has 0 aliphatic carbocycles. The molecule has 7 nitrogen and oxygen atoms in total. The van der Waals surface area contributed by atoms with Crippen molar-refractivity contribution in [2.45, 2.75) is 11.5 Å². The highest BCUT2D eigenvalue weighted by atomic mass is 35.5. The van der Waals surface area contributed by atoms with Gasteiger partial charge in [0.2, 0.25) is 0 Å². The second-order valence-corrected chi connectivity index (χ2v) is 10.8. The number of benzene rings is 3. The van der Waals surface area contributed by atoms with Gasteiger partial charge in [0.1, 0.15) is 6.61 Å². The molecule has 1 aliphatic heterocycles. The van der Waals surface area contributed by atoms with Gasteiger partial charge >= 0.3 is 0 Å². The monoisotopic (exact) mass is 554 g/mol. The minimum absolute atomic E-state index is 0.0450. The molecule has 0 radical (unpaired) electrons. The average Bonchev–Trinajstić information content (AvgIpc) is 3.17. The second kappa shape index (κ2) is 11.7. The molecule has 1 aliphatic rings. The van der Waals surface area contributed by atoms with Crippen LogP contribution in [0.4, 0.5) is 0 Å². The Morgan fingerprint density at radius 2 is 1.78 bits per heavy atom. The number of hydrogen-bond acceptors (Lipinski definition) is 6. The molecule has 0 atom stereocenters. The van der Waals surface area contributed by atoms with E-state index in [1.807, 2.05) is 18.2 Å². The Labute approximate surface area is 225 Å². The third-order valence-corrected chi connectivity index (χ3v) is 8.04. The maximum atomic E-state index is 13.1. The molecule has 1 saturated heterocycles. The molecule has 1 heterocycles. The van der Waals surface area contributed by atoms with Crippen LogP contribution in [0.1, 0.15) is 11.1 Å². The molecule has 0 saturated carbocycles. The minimum Gasteiger partial charge on any atom is -0.493 e. The Hall–Kier alpha value is -3.53. The SMILES string of the molecule is C=CCN1C(=O)/C(=C/c2ccc(OCc3ccccc3Cl)c(OC)c2)SC1=NS(=O)(=O)c1ccccc1. The van der Waals surface area contributed by atoms with E-state index in [0.29, 0.717) is 27.0 Å². The van der Waals surface area contributed by atoms with Crippen molar-refractivity contribution in [3.63, 3.8) is 0 Å². The summed E-state index contributed by atoms with van der Waals surface area (Å²) in [5.41, 5.74) is 1.51. The Morgan fingerprint density at radius 1 is 1.05 bits per heavy atom. The van der Waals surface area contributed by atoms with Gasteiger partial charge in [-0.15, -0.1) is 11.0 Å². The summed E-state index contributed by atoms with van der Waals surface area (Å²) in [4.78, 5) is 14.7. The highest BCUT2D eigenvalue weighted by Gasteiger charge is 2.34. The lowest BCUT2D eigenvalue weighted by Crippen LogP contribution is -2.29. The standard InChI is InChI=1S/C27H23ClN2O5S2/c1-3-15-30-26(31)25(36-27(30)29-37(32,33)21-10-5-4-6-11-21)17-19-13-14-23(24(16-19)34-2)35-18-20-9-7-8-12-22(20)28/h3-14,16-17H,1,15,18H2,2H3/b25-17-,29-27?. The number of sulfonamides is 1. The van der Waals surface area contributed by atoms with Crippen LogP contribution in [0.3, 0.4) is 0 Å². The number of hydrogen-bond donors (Lipinski definition) is 0. The number of carbonyl (C=O) groups excluding carboxylic acids is 1. The average molecular weight is 555 g/mol. The number of nitrogens with zero attached hydrogens (tertiary/aromatic N) is 2. The Kier molecular flexibility index (Phi) is 8.38. The maximum absolute atomic E-state index is 13.1. The van der Waals surface area contributed by atoms with E-state index in [1.54, 1.807) is 48.5 Å². The lowest BCUT2D eigenvalue weighted by atomic mass is 10.1. The van der Waals surface area contributed by atoms with E-state index in [4.69, 9.17) is 21.1 Å². The van der Waals surface area contributed by atoms with Crippen LogP contribution in [0.15, 0.2) is 99.6 Å². The number of rotatable bonds is 9. The predicted molar refractivity (Wildman–Crippen MR) is 147 cm³/mol. The molecule has 190 valence electrons. The van der Waals surface area contributed by atoms with Crippen LogP contribution >= 0.6 is 23.4 Å². The fourth-order valence-electron chi connectivity index (χ4n) is 3.43. The lowest BCUT2D eigenvalue weighted by molar-refractivity contribution is -0.121. The maximum Gasteiger partial charge on any atom is 0.284 e. The van der Waals surface area contributed by atoms with Crippen LogP contribution in [0.25, 0.3) is 6.08 Å². The Bertz CT molecular complexity index is 1490. The van der Waals surface area contributed by atoms with E-state index < -0.39 is 10.0 Å². The van der Waals surface area contributed by atoms with Gasteiger partial charge in [0.05, 0.1) is 16.9 Å². The van der Waals surface area contributed by atoms with Crippen LogP contribution in [0.2, 0.25) is 5.02 Å². The van der Waals surface area contributed by atoms with Crippen LogP contribution in [-0.2, 0) is 21.4 Å². The van der Waals surface area contributed by atoms with Gasteiger partial charge in [-0.1, -0.05) is 60.1 Å². The third-order valence-electron chi connectivity index (χ3n) is 5.27. The fourth-order valence-corrected chi connectivity index (χ4v) is 5.83. The van der Waals surface area contributed by atoms with Crippen molar-refractivity contribution in [1.29, 1.82) is 0 Å². The first-order valence-electron chi connectivity index (χ1n) is 11.1. The molecule has 0 N–H and O–H groups in total.